The molecule has 0 aliphatic carbocycles. The first-order valence-electron chi connectivity index (χ1n) is 6.57. The van der Waals surface area contributed by atoms with Gasteiger partial charge in [0, 0.05) is 12.5 Å². The molecule has 0 spiro atoms. The third-order valence-electron chi connectivity index (χ3n) is 2.68. The van der Waals surface area contributed by atoms with Gasteiger partial charge >= 0.3 is 0 Å². The van der Waals surface area contributed by atoms with E-state index in [1.807, 2.05) is 38.1 Å². The number of nitrogens with one attached hydrogen (secondary N) is 1. The first kappa shape index (κ1) is 14.6. The van der Waals surface area contributed by atoms with Crippen LogP contribution in [0.25, 0.3) is 0 Å². The predicted octanol–water partition coefficient (Wildman–Crippen LogP) is 2.93. The zero-order chi connectivity index (χ0) is 13.4. The average molecular weight is 249 g/mol. The van der Waals surface area contributed by atoms with Crippen LogP contribution in [-0.2, 0) is 4.79 Å². The van der Waals surface area contributed by atoms with E-state index in [0.717, 1.165) is 25.1 Å². The zero-order valence-corrected chi connectivity index (χ0v) is 11.5. The highest BCUT2D eigenvalue weighted by atomic mass is 16.5. The topological polar surface area (TPSA) is 38.3 Å². The van der Waals surface area contributed by atoms with Crippen LogP contribution in [-0.4, -0.2) is 19.1 Å². The van der Waals surface area contributed by atoms with Crippen LogP contribution < -0.4 is 10.1 Å². The van der Waals surface area contributed by atoms with Crippen molar-refractivity contribution in [2.24, 2.45) is 5.92 Å². The van der Waals surface area contributed by atoms with Crippen LogP contribution in [0.3, 0.4) is 0 Å². The molecule has 100 valence electrons. The standard InChI is InChI=1S/C15H23NO2/c1-12(2)15(17)16-10-4-5-11-18-14-8-6-13(3)7-9-14/h6-9,12H,4-5,10-11H2,1-3H3,(H,16,17). The summed E-state index contributed by atoms with van der Waals surface area (Å²) in [5.74, 6) is 1.09. The number of ether oxygens (including phenoxy) is 1. The lowest BCUT2D eigenvalue weighted by molar-refractivity contribution is -0.123. The summed E-state index contributed by atoms with van der Waals surface area (Å²) in [5.41, 5.74) is 1.23. The van der Waals surface area contributed by atoms with Crippen LogP contribution in [0.5, 0.6) is 5.75 Å². The molecule has 0 unspecified atom stereocenters. The summed E-state index contributed by atoms with van der Waals surface area (Å²) in [7, 11) is 0. The molecule has 18 heavy (non-hydrogen) atoms. The van der Waals surface area contributed by atoms with Crippen molar-refractivity contribution in [2.75, 3.05) is 13.2 Å². The van der Waals surface area contributed by atoms with E-state index in [2.05, 4.69) is 12.2 Å². The molecule has 0 saturated heterocycles. The molecule has 0 bridgehead atoms. The average Bonchev–Trinajstić information content (AvgIpc) is 2.35. The Hall–Kier alpha value is -1.51. The van der Waals surface area contributed by atoms with Crippen LogP contribution in [0.2, 0.25) is 0 Å². The Morgan fingerprint density at radius 3 is 2.50 bits per heavy atom. The minimum atomic E-state index is 0.0637. The van der Waals surface area contributed by atoms with Crippen LogP contribution in [0, 0.1) is 12.8 Å². The molecular weight excluding hydrogens is 226 g/mol. The van der Waals surface area contributed by atoms with Gasteiger partial charge in [0.15, 0.2) is 0 Å². The maximum Gasteiger partial charge on any atom is 0.222 e. The second kappa shape index (κ2) is 7.75. The SMILES string of the molecule is Cc1ccc(OCCCCNC(=O)C(C)C)cc1. The number of aryl methyl sites for hydroxylation is 1. The number of amides is 1. The van der Waals surface area contributed by atoms with Crippen LogP contribution >= 0.6 is 0 Å². The minimum absolute atomic E-state index is 0.0637. The molecular formula is C15H23NO2. The molecule has 0 saturated carbocycles. The first-order valence-corrected chi connectivity index (χ1v) is 6.57. The predicted molar refractivity (Wildman–Crippen MR) is 73.8 cm³/mol. The Bertz CT molecular complexity index is 357. The second-order valence-corrected chi connectivity index (χ2v) is 4.81. The van der Waals surface area contributed by atoms with Gasteiger partial charge in [0.2, 0.25) is 5.91 Å². The number of carbonyl (C=O) groups excluding carboxylic acids is 1. The summed E-state index contributed by atoms with van der Waals surface area (Å²) in [4.78, 5) is 11.3. The van der Waals surface area contributed by atoms with Gasteiger partial charge in [-0.2, -0.15) is 0 Å². The number of carbonyl (C=O) groups is 1. The first-order chi connectivity index (χ1) is 8.59. The van der Waals surface area contributed by atoms with Gasteiger partial charge in [0.1, 0.15) is 5.75 Å². The van der Waals surface area contributed by atoms with Crippen molar-refractivity contribution in [3.8, 4) is 5.75 Å². The van der Waals surface area contributed by atoms with E-state index >= 15 is 0 Å². The molecule has 1 aromatic carbocycles. The normalized spacial score (nSPS) is 10.4. The van der Waals surface area contributed by atoms with Crippen LogP contribution in [0.1, 0.15) is 32.3 Å². The third-order valence-corrected chi connectivity index (χ3v) is 2.68. The fourth-order valence-corrected chi connectivity index (χ4v) is 1.47. The van der Waals surface area contributed by atoms with Crippen molar-refractivity contribution in [3.63, 3.8) is 0 Å². The molecule has 0 fully saturated rings. The molecule has 0 heterocycles. The number of hydrogen-bond acceptors (Lipinski definition) is 2. The molecule has 0 aliphatic heterocycles. The van der Waals surface area contributed by atoms with Crippen LogP contribution in [0.15, 0.2) is 24.3 Å². The Balaban J connectivity index is 2.05. The van der Waals surface area contributed by atoms with E-state index < -0.39 is 0 Å². The van der Waals surface area contributed by atoms with Gasteiger partial charge in [-0.25, -0.2) is 0 Å². The van der Waals surface area contributed by atoms with E-state index in [1.54, 1.807) is 0 Å². The fraction of sp³-hybridized carbons (Fsp3) is 0.533. The van der Waals surface area contributed by atoms with Crippen molar-refractivity contribution in [1.29, 1.82) is 0 Å². The van der Waals surface area contributed by atoms with Crippen molar-refractivity contribution < 1.29 is 9.53 Å². The summed E-state index contributed by atoms with van der Waals surface area (Å²) in [6, 6.07) is 8.04. The van der Waals surface area contributed by atoms with Gasteiger partial charge in [-0.3, -0.25) is 4.79 Å². The molecule has 0 atom stereocenters. The fourth-order valence-electron chi connectivity index (χ4n) is 1.47. The molecule has 1 rings (SSSR count). The van der Waals surface area contributed by atoms with Crippen molar-refractivity contribution >= 4 is 5.91 Å². The highest BCUT2D eigenvalue weighted by Crippen LogP contribution is 2.11. The molecule has 1 aromatic rings. The lowest BCUT2D eigenvalue weighted by Crippen LogP contribution is -2.28. The van der Waals surface area contributed by atoms with E-state index in [9.17, 15) is 4.79 Å². The Morgan fingerprint density at radius 2 is 1.89 bits per heavy atom. The van der Waals surface area contributed by atoms with Gasteiger partial charge in [0.05, 0.1) is 6.61 Å². The molecule has 3 nitrogen and oxygen atoms in total. The van der Waals surface area contributed by atoms with E-state index in [0.29, 0.717) is 6.61 Å². The monoisotopic (exact) mass is 249 g/mol. The largest absolute Gasteiger partial charge is 0.494 e. The smallest absolute Gasteiger partial charge is 0.222 e. The quantitative estimate of drug-likeness (QED) is 0.755. The van der Waals surface area contributed by atoms with Gasteiger partial charge in [-0.15, -0.1) is 0 Å². The molecule has 1 amide bonds. The third kappa shape index (κ3) is 5.71. The molecule has 1 N–H and O–H groups in total. The maximum absolute atomic E-state index is 11.3. The van der Waals surface area contributed by atoms with Gasteiger partial charge in [-0.1, -0.05) is 31.5 Å². The summed E-state index contributed by atoms with van der Waals surface area (Å²) >= 11 is 0. The van der Waals surface area contributed by atoms with Gasteiger partial charge in [0.25, 0.3) is 0 Å². The zero-order valence-electron chi connectivity index (χ0n) is 11.5. The van der Waals surface area contributed by atoms with Gasteiger partial charge in [-0.05, 0) is 31.9 Å². The highest BCUT2D eigenvalue weighted by molar-refractivity contribution is 5.77. The Morgan fingerprint density at radius 1 is 1.22 bits per heavy atom. The van der Waals surface area contributed by atoms with Gasteiger partial charge < -0.3 is 10.1 Å². The Labute approximate surface area is 110 Å². The molecule has 3 heteroatoms. The molecule has 0 aliphatic rings. The second-order valence-electron chi connectivity index (χ2n) is 4.81. The van der Waals surface area contributed by atoms with E-state index in [-0.39, 0.29) is 11.8 Å². The molecule has 0 aromatic heterocycles. The summed E-state index contributed by atoms with van der Waals surface area (Å²) in [6.07, 6.45) is 1.90. The summed E-state index contributed by atoms with van der Waals surface area (Å²) < 4.78 is 5.60. The molecule has 0 radical (unpaired) electrons. The summed E-state index contributed by atoms with van der Waals surface area (Å²) in [6.45, 7) is 7.28. The van der Waals surface area contributed by atoms with E-state index in [1.165, 1.54) is 5.56 Å². The number of rotatable bonds is 7. The van der Waals surface area contributed by atoms with E-state index in [4.69, 9.17) is 4.74 Å². The van der Waals surface area contributed by atoms with Crippen molar-refractivity contribution in [3.05, 3.63) is 29.8 Å². The number of hydrogen-bond donors (Lipinski definition) is 1. The van der Waals surface area contributed by atoms with Crippen LogP contribution in [0.4, 0.5) is 0 Å². The minimum Gasteiger partial charge on any atom is -0.494 e. The number of unbranched alkanes of at least 4 members (excludes halogenated alkanes) is 1. The van der Waals surface area contributed by atoms with Crippen molar-refractivity contribution in [2.45, 2.75) is 33.6 Å². The van der Waals surface area contributed by atoms with Crippen molar-refractivity contribution in [1.82, 2.24) is 5.32 Å². The lowest BCUT2D eigenvalue weighted by atomic mass is 10.2. The Kier molecular flexibility index (Phi) is 6.26. The lowest BCUT2D eigenvalue weighted by Gasteiger charge is -2.08. The highest BCUT2D eigenvalue weighted by Gasteiger charge is 2.04. The summed E-state index contributed by atoms with van der Waals surface area (Å²) in [5, 5.41) is 2.89. The number of benzene rings is 1. The maximum atomic E-state index is 11.3.